The van der Waals surface area contributed by atoms with Gasteiger partial charge < -0.3 is 10.2 Å². The highest BCUT2D eigenvalue weighted by molar-refractivity contribution is 6.09. The summed E-state index contributed by atoms with van der Waals surface area (Å²) in [7, 11) is 0. The Balaban J connectivity index is 2.15. The zero-order valence-electron chi connectivity index (χ0n) is 17.0. The topological polar surface area (TPSA) is 49.4 Å². The highest BCUT2D eigenvalue weighted by Crippen LogP contribution is 2.25. The normalized spacial score (nSPS) is 11.3. The van der Waals surface area contributed by atoms with Crippen LogP contribution < -0.4 is 5.32 Å². The van der Waals surface area contributed by atoms with E-state index in [1.54, 1.807) is 18.7 Å². The lowest BCUT2D eigenvalue weighted by molar-refractivity contribution is -0.148. The fraction of sp³-hybridized carbons (Fsp3) is 0.391. The van der Waals surface area contributed by atoms with E-state index in [1.807, 2.05) is 68.4 Å². The Hall–Kier alpha value is -2.62. The maximum atomic E-state index is 13.2. The summed E-state index contributed by atoms with van der Waals surface area (Å²) in [5.41, 5.74) is 1.79. The van der Waals surface area contributed by atoms with Gasteiger partial charge in [-0.25, -0.2) is 0 Å². The van der Waals surface area contributed by atoms with Crippen LogP contribution in [0.4, 0.5) is 5.69 Å². The molecule has 0 bridgehead atoms. The summed E-state index contributed by atoms with van der Waals surface area (Å²) in [5.74, 6) is -0.473. The van der Waals surface area contributed by atoms with Crippen molar-refractivity contribution in [1.82, 2.24) is 4.90 Å². The second kappa shape index (κ2) is 8.85. The minimum absolute atomic E-state index is 0.00591. The SMILES string of the molecule is CCc1ccc(NC(=O)C(C)(C)C(=O)N(Cc2ccccc2)C(C)C)cc1. The molecule has 1 N–H and O–H groups in total. The van der Waals surface area contributed by atoms with Crippen molar-refractivity contribution in [3.05, 3.63) is 65.7 Å². The smallest absolute Gasteiger partial charge is 0.239 e. The molecule has 144 valence electrons. The van der Waals surface area contributed by atoms with E-state index >= 15 is 0 Å². The molecule has 0 aliphatic carbocycles. The van der Waals surface area contributed by atoms with Crippen LogP contribution in [0, 0.1) is 5.41 Å². The highest BCUT2D eigenvalue weighted by Gasteiger charge is 2.40. The monoisotopic (exact) mass is 366 g/mol. The lowest BCUT2D eigenvalue weighted by Gasteiger charge is -2.34. The summed E-state index contributed by atoms with van der Waals surface area (Å²) in [5, 5.41) is 2.89. The van der Waals surface area contributed by atoms with Gasteiger partial charge in [0.25, 0.3) is 0 Å². The predicted octanol–water partition coefficient (Wildman–Crippen LogP) is 4.65. The van der Waals surface area contributed by atoms with Crippen molar-refractivity contribution in [3.8, 4) is 0 Å². The van der Waals surface area contributed by atoms with Gasteiger partial charge in [0.05, 0.1) is 0 Å². The Morgan fingerprint density at radius 2 is 1.56 bits per heavy atom. The lowest BCUT2D eigenvalue weighted by Crippen LogP contribution is -2.49. The first-order chi connectivity index (χ1) is 12.8. The molecule has 0 radical (unpaired) electrons. The van der Waals surface area contributed by atoms with Crippen LogP contribution in [0.2, 0.25) is 0 Å². The molecule has 0 aromatic heterocycles. The number of carbonyl (C=O) groups excluding carboxylic acids is 2. The van der Waals surface area contributed by atoms with E-state index in [2.05, 4.69) is 12.2 Å². The zero-order chi connectivity index (χ0) is 20.0. The van der Waals surface area contributed by atoms with E-state index in [9.17, 15) is 9.59 Å². The van der Waals surface area contributed by atoms with E-state index < -0.39 is 5.41 Å². The maximum absolute atomic E-state index is 13.2. The molecule has 4 heteroatoms. The summed E-state index contributed by atoms with van der Waals surface area (Å²) in [4.78, 5) is 27.8. The number of hydrogen-bond donors (Lipinski definition) is 1. The van der Waals surface area contributed by atoms with Crippen molar-refractivity contribution in [2.24, 2.45) is 5.41 Å². The molecule has 0 aliphatic heterocycles. The highest BCUT2D eigenvalue weighted by atomic mass is 16.2. The number of aryl methyl sites for hydroxylation is 1. The Labute approximate surface area is 162 Å². The number of hydrogen-bond acceptors (Lipinski definition) is 2. The molecule has 2 aromatic carbocycles. The molecule has 0 atom stereocenters. The number of amides is 2. The van der Waals surface area contributed by atoms with Crippen LogP contribution in [0.5, 0.6) is 0 Å². The summed E-state index contributed by atoms with van der Waals surface area (Å²) < 4.78 is 0. The van der Waals surface area contributed by atoms with Gasteiger partial charge in [-0.3, -0.25) is 9.59 Å². The Kier molecular flexibility index (Phi) is 6.78. The van der Waals surface area contributed by atoms with Gasteiger partial charge in [0, 0.05) is 18.3 Å². The van der Waals surface area contributed by atoms with E-state index in [-0.39, 0.29) is 17.9 Å². The van der Waals surface area contributed by atoms with Crippen LogP contribution in [0.3, 0.4) is 0 Å². The molecule has 0 saturated heterocycles. The van der Waals surface area contributed by atoms with Gasteiger partial charge in [-0.15, -0.1) is 0 Å². The number of carbonyl (C=O) groups is 2. The molecule has 0 spiro atoms. The molecular weight excluding hydrogens is 336 g/mol. The van der Waals surface area contributed by atoms with E-state index in [4.69, 9.17) is 0 Å². The molecular formula is C23H30N2O2. The summed E-state index contributed by atoms with van der Waals surface area (Å²) in [6.07, 6.45) is 0.945. The van der Waals surface area contributed by atoms with E-state index in [1.165, 1.54) is 5.56 Å². The van der Waals surface area contributed by atoms with Crippen LogP contribution >= 0.6 is 0 Å². The van der Waals surface area contributed by atoms with Crippen LogP contribution in [0.15, 0.2) is 54.6 Å². The first kappa shape index (κ1) is 20.7. The molecule has 2 rings (SSSR count). The number of nitrogens with zero attached hydrogens (tertiary/aromatic N) is 1. The lowest BCUT2D eigenvalue weighted by atomic mass is 9.89. The van der Waals surface area contributed by atoms with Gasteiger partial charge in [0.1, 0.15) is 5.41 Å². The van der Waals surface area contributed by atoms with E-state index in [0.717, 1.165) is 12.0 Å². The van der Waals surface area contributed by atoms with Gasteiger partial charge >= 0.3 is 0 Å². The molecule has 4 nitrogen and oxygen atoms in total. The third kappa shape index (κ3) is 5.19. The van der Waals surface area contributed by atoms with Crippen LogP contribution in [-0.2, 0) is 22.6 Å². The molecule has 0 aliphatic rings. The number of nitrogens with one attached hydrogen (secondary N) is 1. The molecule has 0 heterocycles. The van der Waals surface area contributed by atoms with Crippen molar-refractivity contribution in [3.63, 3.8) is 0 Å². The molecule has 0 fully saturated rings. The zero-order valence-corrected chi connectivity index (χ0v) is 17.0. The number of rotatable bonds is 7. The van der Waals surface area contributed by atoms with E-state index in [0.29, 0.717) is 12.2 Å². The number of benzene rings is 2. The number of anilines is 1. The summed E-state index contributed by atoms with van der Waals surface area (Å²) >= 11 is 0. The predicted molar refractivity (Wildman–Crippen MR) is 110 cm³/mol. The third-order valence-electron chi connectivity index (χ3n) is 4.80. The maximum Gasteiger partial charge on any atom is 0.239 e. The standard InChI is InChI=1S/C23H30N2O2/c1-6-18-12-14-20(15-13-18)24-21(26)23(4,5)22(27)25(17(2)3)16-19-10-8-7-9-11-19/h7-15,17H,6,16H2,1-5H3,(H,24,26). The molecule has 2 amide bonds. The molecule has 0 unspecified atom stereocenters. The molecule has 2 aromatic rings. The quantitative estimate of drug-likeness (QED) is 0.725. The average molecular weight is 367 g/mol. The first-order valence-electron chi connectivity index (χ1n) is 9.51. The van der Waals surface area contributed by atoms with Crippen molar-refractivity contribution in [1.29, 1.82) is 0 Å². The minimum atomic E-state index is -1.16. The van der Waals surface area contributed by atoms with Gasteiger partial charge in [0.15, 0.2) is 0 Å². The van der Waals surface area contributed by atoms with Gasteiger partial charge in [0.2, 0.25) is 11.8 Å². The van der Waals surface area contributed by atoms with Crippen molar-refractivity contribution < 1.29 is 9.59 Å². The fourth-order valence-electron chi connectivity index (χ4n) is 2.84. The largest absolute Gasteiger partial charge is 0.335 e. The van der Waals surface area contributed by atoms with Gasteiger partial charge in [-0.2, -0.15) is 0 Å². The molecule has 27 heavy (non-hydrogen) atoms. The van der Waals surface area contributed by atoms with Crippen LogP contribution in [0.25, 0.3) is 0 Å². The minimum Gasteiger partial charge on any atom is -0.335 e. The second-order valence-corrected chi connectivity index (χ2v) is 7.64. The molecule has 0 saturated carbocycles. The van der Waals surface area contributed by atoms with Crippen molar-refractivity contribution in [2.45, 2.75) is 53.6 Å². The first-order valence-corrected chi connectivity index (χ1v) is 9.51. The van der Waals surface area contributed by atoms with Gasteiger partial charge in [-0.05, 0) is 57.4 Å². The Morgan fingerprint density at radius 3 is 2.07 bits per heavy atom. The van der Waals surface area contributed by atoms with Crippen molar-refractivity contribution in [2.75, 3.05) is 5.32 Å². The second-order valence-electron chi connectivity index (χ2n) is 7.64. The van der Waals surface area contributed by atoms with Crippen LogP contribution in [-0.4, -0.2) is 22.8 Å². The van der Waals surface area contributed by atoms with Gasteiger partial charge in [-0.1, -0.05) is 49.4 Å². The van der Waals surface area contributed by atoms with Crippen LogP contribution in [0.1, 0.15) is 45.7 Å². The summed E-state index contributed by atoms with van der Waals surface area (Å²) in [6, 6.07) is 17.6. The Morgan fingerprint density at radius 1 is 0.963 bits per heavy atom. The summed E-state index contributed by atoms with van der Waals surface area (Å²) in [6.45, 7) is 9.88. The average Bonchev–Trinajstić information content (AvgIpc) is 2.66. The fourth-order valence-corrected chi connectivity index (χ4v) is 2.84. The third-order valence-corrected chi connectivity index (χ3v) is 4.80. The Bertz CT molecular complexity index is 765. The van der Waals surface area contributed by atoms with Crippen molar-refractivity contribution >= 4 is 17.5 Å².